The largest absolute Gasteiger partial charge is 0.359 e. The number of hydrogen-bond acceptors (Lipinski definition) is 3. The Morgan fingerprint density at radius 3 is 2.67 bits per heavy atom. The third kappa shape index (κ3) is 5.18. The van der Waals surface area contributed by atoms with Gasteiger partial charge in [0.15, 0.2) is 5.78 Å². The van der Waals surface area contributed by atoms with Gasteiger partial charge in [0.25, 0.3) is 0 Å². The maximum atomic E-state index is 13.1. The van der Waals surface area contributed by atoms with Gasteiger partial charge in [0, 0.05) is 38.0 Å². The van der Waals surface area contributed by atoms with Gasteiger partial charge in [-0.1, -0.05) is 61.6 Å². The number of fused-ring (bicyclic) bond motifs is 1. The molecule has 4 heteroatoms. The molecule has 0 aromatic heterocycles. The van der Waals surface area contributed by atoms with Crippen molar-refractivity contribution in [3.05, 3.63) is 77.0 Å². The number of nitrogens with one attached hydrogen (secondary N) is 1. The number of nitrogens with zero attached hydrogens (tertiary/aromatic N) is 1. The molecule has 0 radical (unpaired) electrons. The second kappa shape index (κ2) is 10.2. The number of carbonyl (C=O) groups excluding carboxylic acids is 2. The second-order valence-electron chi connectivity index (χ2n) is 8.06. The molecule has 0 saturated carbocycles. The first kappa shape index (κ1) is 21.8. The molecule has 0 fully saturated rings. The predicted molar refractivity (Wildman–Crippen MR) is 122 cm³/mol. The molecule has 3 rings (SSSR count). The van der Waals surface area contributed by atoms with E-state index in [0.29, 0.717) is 19.4 Å². The Hall–Kier alpha value is -2.88. The maximum absolute atomic E-state index is 13.1. The molecule has 1 aliphatic heterocycles. The van der Waals surface area contributed by atoms with Crippen LogP contribution in [0.4, 0.5) is 0 Å². The van der Waals surface area contributed by atoms with E-state index in [0.717, 1.165) is 18.5 Å². The van der Waals surface area contributed by atoms with Gasteiger partial charge < -0.3 is 10.2 Å². The van der Waals surface area contributed by atoms with Crippen LogP contribution in [0.25, 0.3) is 6.08 Å². The van der Waals surface area contributed by atoms with E-state index in [1.807, 2.05) is 6.92 Å². The van der Waals surface area contributed by atoms with Crippen LogP contribution in [0.5, 0.6) is 0 Å². The van der Waals surface area contributed by atoms with Crippen molar-refractivity contribution < 1.29 is 9.59 Å². The molecule has 2 unspecified atom stereocenters. The Morgan fingerprint density at radius 1 is 1.10 bits per heavy atom. The van der Waals surface area contributed by atoms with Gasteiger partial charge in [-0.3, -0.25) is 9.59 Å². The summed E-state index contributed by atoms with van der Waals surface area (Å²) in [7, 11) is 1.64. The molecule has 1 aromatic rings. The minimum absolute atomic E-state index is 0.0301. The summed E-state index contributed by atoms with van der Waals surface area (Å²) in [6, 6.07) is 8.15. The average Bonchev–Trinajstić information content (AvgIpc) is 2.92. The molecule has 1 heterocycles. The molecule has 0 spiro atoms. The molecule has 1 aliphatic carbocycles. The molecule has 30 heavy (non-hydrogen) atoms. The zero-order valence-corrected chi connectivity index (χ0v) is 18.2. The van der Waals surface area contributed by atoms with Gasteiger partial charge in [0.2, 0.25) is 5.91 Å². The van der Waals surface area contributed by atoms with Crippen LogP contribution in [-0.4, -0.2) is 29.7 Å². The molecule has 1 aromatic carbocycles. The number of ketones is 1. The van der Waals surface area contributed by atoms with Crippen molar-refractivity contribution in [2.24, 2.45) is 5.92 Å². The van der Waals surface area contributed by atoms with Crippen molar-refractivity contribution >= 4 is 17.8 Å². The van der Waals surface area contributed by atoms with Crippen molar-refractivity contribution in [3.63, 3.8) is 0 Å². The fourth-order valence-corrected chi connectivity index (χ4v) is 4.04. The van der Waals surface area contributed by atoms with E-state index >= 15 is 0 Å². The second-order valence-corrected chi connectivity index (χ2v) is 8.06. The molecular formula is C26H32N2O2. The first-order valence-electron chi connectivity index (χ1n) is 10.9. The number of unbranched alkanes of at least 4 members (excludes halogenated alkanes) is 1. The Kier molecular flexibility index (Phi) is 7.45. The Balaban J connectivity index is 1.85. The standard InChI is InChI=1S/C26H32N2O2/c1-19-10-4-7-13-24-23(19)17-16-21-11-5-6-12-22(21)18-28(24)20(2)25(29)14-8-9-15-26(30)27-3/h4-7,10-13,16-17,19-20H,8-9,14-15,18H2,1-3H3,(H,27,30)/b17-16-. The van der Waals surface area contributed by atoms with E-state index in [-0.39, 0.29) is 23.7 Å². The summed E-state index contributed by atoms with van der Waals surface area (Å²) in [5.41, 5.74) is 4.76. The molecule has 0 bridgehead atoms. The van der Waals surface area contributed by atoms with Crippen LogP contribution in [0, 0.1) is 5.92 Å². The molecule has 2 aliphatic rings. The lowest BCUT2D eigenvalue weighted by Gasteiger charge is -2.35. The van der Waals surface area contributed by atoms with Crippen LogP contribution in [-0.2, 0) is 16.1 Å². The summed E-state index contributed by atoms with van der Waals surface area (Å²) in [4.78, 5) is 26.8. The van der Waals surface area contributed by atoms with E-state index in [1.165, 1.54) is 16.7 Å². The van der Waals surface area contributed by atoms with Gasteiger partial charge in [0.05, 0.1) is 6.04 Å². The molecule has 1 N–H and O–H groups in total. The number of hydrogen-bond donors (Lipinski definition) is 1. The topological polar surface area (TPSA) is 49.4 Å². The molecule has 1 amide bonds. The lowest BCUT2D eigenvalue weighted by molar-refractivity contribution is -0.124. The van der Waals surface area contributed by atoms with Gasteiger partial charge in [-0.2, -0.15) is 0 Å². The monoisotopic (exact) mass is 404 g/mol. The number of Topliss-reactive ketones (excluding diaryl/α,β-unsaturated/α-hetero) is 1. The molecular weight excluding hydrogens is 372 g/mol. The van der Waals surface area contributed by atoms with Gasteiger partial charge >= 0.3 is 0 Å². The number of amides is 1. The summed E-state index contributed by atoms with van der Waals surface area (Å²) < 4.78 is 0. The molecule has 0 saturated heterocycles. The molecule has 158 valence electrons. The highest BCUT2D eigenvalue weighted by Gasteiger charge is 2.26. The van der Waals surface area contributed by atoms with Crippen LogP contribution in [0.3, 0.4) is 0 Å². The normalized spacial score (nSPS) is 19.8. The smallest absolute Gasteiger partial charge is 0.219 e. The quantitative estimate of drug-likeness (QED) is 0.665. The zero-order chi connectivity index (χ0) is 21.5. The summed E-state index contributed by atoms with van der Waals surface area (Å²) in [5.74, 6) is 0.524. The van der Waals surface area contributed by atoms with Crippen LogP contribution < -0.4 is 5.32 Å². The summed E-state index contributed by atoms with van der Waals surface area (Å²) in [6.07, 6.45) is 15.3. The Morgan fingerprint density at radius 2 is 1.87 bits per heavy atom. The van der Waals surface area contributed by atoms with Crippen LogP contribution in [0.1, 0.15) is 50.7 Å². The van der Waals surface area contributed by atoms with Crippen molar-refractivity contribution in [2.45, 2.75) is 52.1 Å². The predicted octanol–water partition coefficient (Wildman–Crippen LogP) is 4.80. The highest BCUT2D eigenvalue weighted by Crippen LogP contribution is 2.31. The fourth-order valence-electron chi connectivity index (χ4n) is 4.04. The van der Waals surface area contributed by atoms with E-state index < -0.39 is 0 Å². The Labute approximate surface area is 180 Å². The van der Waals surface area contributed by atoms with Gasteiger partial charge in [-0.05, 0) is 42.5 Å². The van der Waals surface area contributed by atoms with Gasteiger partial charge in [-0.15, -0.1) is 0 Å². The van der Waals surface area contributed by atoms with E-state index in [9.17, 15) is 9.59 Å². The van der Waals surface area contributed by atoms with Crippen molar-refractivity contribution in [1.82, 2.24) is 10.2 Å². The first-order chi connectivity index (χ1) is 14.5. The molecule has 2 atom stereocenters. The van der Waals surface area contributed by atoms with Crippen LogP contribution >= 0.6 is 0 Å². The van der Waals surface area contributed by atoms with Crippen LogP contribution in [0.2, 0.25) is 0 Å². The number of benzene rings is 1. The van der Waals surface area contributed by atoms with Crippen LogP contribution in [0.15, 0.2) is 65.9 Å². The third-order valence-corrected chi connectivity index (χ3v) is 5.99. The number of allylic oxidation sites excluding steroid dienone is 6. The summed E-state index contributed by atoms with van der Waals surface area (Å²) >= 11 is 0. The van der Waals surface area contributed by atoms with E-state index in [2.05, 4.69) is 77.9 Å². The zero-order valence-electron chi connectivity index (χ0n) is 18.2. The number of rotatable bonds is 7. The Bertz CT molecular complexity index is 907. The van der Waals surface area contributed by atoms with Crippen molar-refractivity contribution in [3.8, 4) is 0 Å². The minimum atomic E-state index is -0.232. The maximum Gasteiger partial charge on any atom is 0.219 e. The third-order valence-electron chi connectivity index (χ3n) is 5.99. The SMILES string of the molecule is CNC(=O)CCCCC(=O)C(C)N1Cc2ccccc2/C=C\C2=C1C=CC=CC2C. The molecule has 4 nitrogen and oxygen atoms in total. The summed E-state index contributed by atoms with van der Waals surface area (Å²) in [5, 5.41) is 2.63. The fraction of sp³-hybridized carbons (Fsp3) is 0.385. The van der Waals surface area contributed by atoms with E-state index in [4.69, 9.17) is 0 Å². The lowest BCUT2D eigenvalue weighted by atomic mass is 9.93. The van der Waals surface area contributed by atoms with Crippen molar-refractivity contribution in [1.29, 1.82) is 0 Å². The lowest BCUT2D eigenvalue weighted by Crippen LogP contribution is -2.38. The van der Waals surface area contributed by atoms with Crippen molar-refractivity contribution in [2.75, 3.05) is 7.05 Å². The minimum Gasteiger partial charge on any atom is -0.359 e. The van der Waals surface area contributed by atoms with E-state index in [1.54, 1.807) is 7.05 Å². The summed E-state index contributed by atoms with van der Waals surface area (Å²) in [6.45, 7) is 4.90. The highest BCUT2D eigenvalue weighted by atomic mass is 16.1. The number of carbonyl (C=O) groups is 2. The first-order valence-corrected chi connectivity index (χ1v) is 10.9. The average molecular weight is 405 g/mol. The van der Waals surface area contributed by atoms with Gasteiger partial charge in [-0.25, -0.2) is 0 Å². The highest BCUT2D eigenvalue weighted by molar-refractivity contribution is 5.84. The van der Waals surface area contributed by atoms with Gasteiger partial charge in [0.1, 0.15) is 0 Å².